The topological polar surface area (TPSA) is 29.1 Å². The van der Waals surface area contributed by atoms with Gasteiger partial charge in [-0.05, 0) is 41.6 Å². The molecule has 0 radical (unpaired) electrons. The van der Waals surface area contributed by atoms with Gasteiger partial charge < -0.3 is 5.32 Å². The zero-order valence-corrected chi connectivity index (χ0v) is 18.0. The Kier molecular flexibility index (Phi) is 6.07. The van der Waals surface area contributed by atoms with Gasteiger partial charge in [0.15, 0.2) is 0 Å². The number of hydrogen-bond acceptors (Lipinski definition) is 1. The molecular weight excluding hydrogens is 402 g/mol. The van der Waals surface area contributed by atoms with Gasteiger partial charge in [0.2, 0.25) is 5.91 Å². The van der Waals surface area contributed by atoms with Crippen LogP contribution in [0.25, 0.3) is 10.8 Å². The summed E-state index contributed by atoms with van der Waals surface area (Å²) in [7, 11) is 0. The van der Waals surface area contributed by atoms with Crippen molar-refractivity contribution >= 4 is 34.0 Å². The molecule has 4 aromatic carbocycles. The van der Waals surface area contributed by atoms with E-state index in [4.69, 9.17) is 11.6 Å². The maximum atomic E-state index is 13.8. The van der Waals surface area contributed by atoms with Crippen LogP contribution >= 0.6 is 11.6 Å². The third kappa shape index (κ3) is 4.33. The predicted octanol–water partition coefficient (Wildman–Crippen LogP) is 6.83. The minimum Gasteiger partial charge on any atom is -0.324 e. The van der Waals surface area contributed by atoms with Gasteiger partial charge in [-0.2, -0.15) is 0 Å². The number of anilines is 1. The van der Waals surface area contributed by atoms with Crippen molar-refractivity contribution in [2.75, 3.05) is 5.32 Å². The highest BCUT2D eigenvalue weighted by atomic mass is 35.5. The molecule has 0 saturated carbocycles. The Morgan fingerprint density at radius 3 is 2.39 bits per heavy atom. The second-order valence-electron chi connectivity index (χ2n) is 7.37. The molecule has 0 spiro atoms. The highest BCUT2D eigenvalue weighted by Crippen LogP contribution is 2.31. The van der Waals surface area contributed by atoms with Crippen molar-refractivity contribution in [2.45, 2.75) is 18.8 Å². The number of halogens is 1. The number of hydrogen-bond donors (Lipinski definition) is 1. The van der Waals surface area contributed by atoms with Gasteiger partial charge in [0, 0.05) is 21.7 Å². The lowest BCUT2D eigenvalue weighted by atomic mass is 9.77. The summed E-state index contributed by atoms with van der Waals surface area (Å²) >= 11 is 6.12. The van der Waals surface area contributed by atoms with Crippen molar-refractivity contribution in [1.29, 1.82) is 0 Å². The normalized spacial score (nSPS) is 12.5. The third-order valence-corrected chi connectivity index (χ3v) is 5.70. The Morgan fingerprint density at radius 2 is 1.61 bits per heavy atom. The van der Waals surface area contributed by atoms with Crippen LogP contribution in [0.2, 0.25) is 5.02 Å². The largest absolute Gasteiger partial charge is 0.324 e. The monoisotopic (exact) mass is 423 g/mol. The molecule has 1 amide bonds. The van der Waals surface area contributed by atoms with Crippen LogP contribution in [-0.2, 0) is 10.2 Å². The van der Waals surface area contributed by atoms with E-state index in [2.05, 4.69) is 17.2 Å². The first kappa shape index (κ1) is 20.7. The van der Waals surface area contributed by atoms with Crippen LogP contribution in [0.1, 0.15) is 24.5 Å². The Morgan fingerprint density at radius 1 is 0.903 bits per heavy atom. The van der Waals surface area contributed by atoms with Crippen molar-refractivity contribution in [3.05, 3.63) is 113 Å². The van der Waals surface area contributed by atoms with Crippen LogP contribution in [0.3, 0.4) is 0 Å². The number of carbonyl (C=O) groups is 1. The van der Waals surface area contributed by atoms with E-state index >= 15 is 0 Å². The molecule has 1 atom stereocenters. The van der Waals surface area contributed by atoms with Crippen LogP contribution in [0.4, 0.5) is 5.69 Å². The molecule has 3 heteroatoms. The van der Waals surface area contributed by atoms with Crippen LogP contribution in [0.15, 0.2) is 97.1 Å². The van der Waals surface area contributed by atoms with Crippen molar-refractivity contribution in [1.82, 2.24) is 0 Å². The quantitative estimate of drug-likeness (QED) is 0.358. The zero-order valence-electron chi connectivity index (χ0n) is 17.2. The lowest BCUT2D eigenvalue weighted by Gasteiger charge is -2.27. The molecule has 0 heterocycles. The molecule has 0 bridgehead atoms. The maximum absolute atomic E-state index is 13.8. The summed E-state index contributed by atoms with van der Waals surface area (Å²) in [4.78, 5) is 13.8. The van der Waals surface area contributed by atoms with E-state index in [0.717, 1.165) is 27.6 Å². The van der Waals surface area contributed by atoms with Crippen molar-refractivity contribution in [3.63, 3.8) is 0 Å². The molecule has 152 valence electrons. The van der Waals surface area contributed by atoms with Crippen LogP contribution < -0.4 is 5.32 Å². The first-order valence-corrected chi connectivity index (χ1v) is 10.6. The van der Waals surface area contributed by atoms with E-state index in [1.165, 1.54) is 0 Å². The van der Waals surface area contributed by atoms with E-state index in [1.807, 2.05) is 104 Å². The number of amides is 1. The summed E-state index contributed by atoms with van der Waals surface area (Å²) in [6.45, 7) is 1.99. The standard InChI is InChI=1S/C28H22ClNO/c1-2-28(23-13-4-3-5-14-23,19-18-21-10-8-15-24(29)20-21)27(31)30-26-17-9-12-22-11-6-7-16-25(22)26/h3-17,20H,2H2,1H3,(H,30,31)/t28-/m1/s1. The highest BCUT2D eigenvalue weighted by Gasteiger charge is 2.37. The molecule has 0 saturated heterocycles. The molecule has 2 nitrogen and oxygen atoms in total. The van der Waals surface area contributed by atoms with Crippen molar-refractivity contribution in [3.8, 4) is 11.8 Å². The van der Waals surface area contributed by atoms with Crippen molar-refractivity contribution in [2.24, 2.45) is 0 Å². The van der Waals surface area contributed by atoms with E-state index in [-0.39, 0.29) is 5.91 Å². The van der Waals surface area contributed by atoms with Gasteiger partial charge in [-0.25, -0.2) is 0 Å². The highest BCUT2D eigenvalue weighted by molar-refractivity contribution is 6.30. The van der Waals surface area contributed by atoms with Crippen LogP contribution in [0, 0.1) is 11.8 Å². The molecule has 0 aromatic heterocycles. The molecule has 4 rings (SSSR count). The Balaban J connectivity index is 1.80. The summed E-state index contributed by atoms with van der Waals surface area (Å²) in [5.74, 6) is 6.33. The third-order valence-electron chi connectivity index (χ3n) is 5.47. The molecule has 1 N–H and O–H groups in total. The number of benzene rings is 4. The smallest absolute Gasteiger partial charge is 0.247 e. The van der Waals surface area contributed by atoms with Gasteiger partial charge in [0.05, 0.1) is 0 Å². The van der Waals surface area contributed by atoms with E-state index in [1.54, 1.807) is 0 Å². The fourth-order valence-electron chi connectivity index (χ4n) is 3.74. The molecule has 0 fully saturated rings. The average molecular weight is 424 g/mol. The number of carbonyl (C=O) groups excluding carboxylic acids is 1. The van der Waals surface area contributed by atoms with Gasteiger partial charge in [-0.15, -0.1) is 0 Å². The minimum absolute atomic E-state index is 0.146. The average Bonchev–Trinajstić information content (AvgIpc) is 2.81. The molecule has 31 heavy (non-hydrogen) atoms. The van der Waals surface area contributed by atoms with Crippen LogP contribution in [-0.4, -0.2) is 5.91 Å². The van der Waals surface area contributed by atoms with E-state index in [0.29, 0.717) is 11.4 Å². The van der Waals surface area contributed by atoms with E-state index < -0.39 is 5.41 Å². The molecule has 0 aliphatic heterocycles. The molecule has 0 unspecified atom stereocenters. The Labute approximate surface area is 187 Å². The first-order valence-electron chi connectivity index (χ1n) is 10.3. The predicted molar refractivity (Wildman–Crippen MR) is 129 cm³/mol. The summed E-state index contributed by atoms with van der Waals surface area (Å²) in [6.07, 6.45) is 0.529. The van der Waals surface area contributed by atoms with Gasteiger partial charge in [-0.1, -0.05) is 103 Å². The Hall–Kier alpha value is -3.54. The molecule has 0 aliphatic rings. The molecular formula is C28H22ClNO. The summed E-state index contributed by atoms with van der Waals surface area (Å²) < 4.78 is 0. The maximum Gasteiger partial charge on any atom is 0.247 e. The summed E-state index contributed by atoms with van der Waals surface area (Å²) in [6, 6.07) is 31.0. The summed E-state index contributed by atoms with van der Waals surface area (Å²) in [5, 5.41) is 5.85. The van der Waals surface area contributed by atoms with Gasteiger partial charge >= 0.3 is 0 Å². The fraction of sp³-hybridized carbons (Fsp3) is 0.107. The summed E-state index contributed by atoms with van der Waals surface area (Å²) in [5.41, 5.74) is 1.42. The molecule has 0 aliphatic carbocycles. The zero-order chi connectivity index (χ0) is 21.7. The lowest BCUT2D eigenvalue weighted by molar-refractivity contribution is -0.119. The molecule has 4 aromatic rings. The number of fused-ring (bicyclic) bond motifs is 1. The van der Waals surface area contributed by atoms with Gasteiger partial charge in [0.25, 0.3) is 0 Å². The lowest BCUT2D eigenvalue weighted by Crippen LogP contribution is -2.39. The second kappa shape index (κ2) is 9.08. The fourth-order valence-corrected chi connectivity index (χ4v) is 3.93. The first-order chi connectivity index (χ1) is 15.1. The Bertz CT molecular complexity index is 1280. The van der Waals surface area contributed by atoms with Gasteiger partial charge in [-0.3, -0.25) is 4.79 Å². The van der Waals surface area contributed by atoms with Crippen LogP contribution in [0.5, 0.6) is 0 Å². The SMILES string of the molecule is CC[C@](C#Cc1cccc(Cl)c1)(C(=O)Nc1cccc2ccccc12)c1ccccc1. The van der Waals surface area contributed by atoms with Gasteiger partial charge in [0.1, 0.15) is 5.41 Å². The van der Waals surface area contributed by atoms with E-state index in [9.17, 15) is 4.79 Å². The van der Waals surface area contributed by atoms with Crippen molar-refractivity contribution < 1.29 is 4.79 Å². The number of rotatable bonds is 4. The number of nitrogens with one attached hydrogen (secondary N) is 1. The second-order valence-corrected chi connectivity index (χ2v) is 7.80. The minimum atomic E-state index is -0.999.